The summed E-state index contributed by atoms with van der Waals surface area (Å²) in [5.74, 6) is 0. The maximum atomic E-state index is 10.1. The van der Waals surface area contributed by atoms with Gasteiger partial charge in [0.2, 0.25) is 0 Å². The Hall–Kier alpha value is -0.790. The van der Waals surface area contributed by atoms with E-state index < -0.39 is 6.10 Å². The van der Waals surface area contributed by atoms with Crippen LogP contribution in [-0.2, 0) is 13.0 Å². The molecule has 0 saturated heterocycles. The van der Waals surface area contributed by atoms with E-state index in [1.807, 2.05) is 18.5 Å². The van der Waals surface area contributed by atoms with Gasteiger partial charge in [0.15, 0.2) is 0 Å². The highest BCUT2D eigenvalue weighted by Crippen LogP contribution is 2.27. The summed E-state index contributed by atoms with van der Waals surface area (Å²) in [6, 6.07) is 0. The highest BCUT2D eigenvalue weighted by atomic mass is 79.9. The molecule has 7 heteroatoms. The zero-order chi connectivity index (χ0) is 12.4. The van der Waals surface area contributed by atoms with E-state index in [9.17, 15) is 5.11 Å². The van der Waals surface area contributed by atoms with Crippen molar-refractivity contribution in [3.8, 4) is 0 Å². The van der Waals surface area contributed by atoms with Crippen LogP contribution in [0.25, 0.3) is 0 Å². The number of aliphatic hydroxyl groups excluding tert-OH is 1. The summed E-state index contributed by atoms with van der Waals surface area (Å²) in [5.41, 5.74) is 1.95. The number of aryl methyl sites for hydroxylation is 2. The molecule has 2 rings (SSSR count). The van der Waals surface area contributed by atoms with Crippen molar-refractivity contribution >= 4 is 27.5 Å². The molecule has 1 N–H and O–H groups in total. The van der Waals surface area contributed by atoms with Crippen LogP contribution >= 0.6 is 27.5 Å². The Balaban J connectivity index is 2.24. The lowest BCUT2D eigenvalue weighted by Gasteiger charge is -2.09. The minimum Gasteiger partial charge on any atom is -0.387 e. The lowest BCUT2D eigenvalue weighted by Crippen LogP contribution is -2.08. The zero-order valence-corrected chi connectivity index (χ0v) is 12.0. The van der Waals surface area contributed by atoms with Gasteiger partial charge >= 0.3 is 0 Å². The van der Waals surface area contributed by atoms with Crippen LogP contribution in [-0.4, -0.2) is 24.5 Å². The Labute approximate surface area is 112 Å². The molecule has 0 aromatic carbocycles. The molecule has 92 valence electrons. The lowest BCUT2D eigenvalue weighted by atomic mass is 10.1. The molecule has 1 unspecified atom stereocenters. The first-order chi connectivity index (χ1) is 8.13. The number of aromatic nitrogens is 4. The first kappa shape index (κ1) is 12.7. The molecule has 0 amide bonds. The van der Waals surface area contributed by atoms with Crippen molar-refractivity contribution in [1.29, 1.82) is 0 Å². The molecular weight excluding hydrogens is 304 g/mol. The van der Waals surface area contributed by atoms with Crippen LogP contribution in [0.15, 0.2) is 10.7 Å². The summed E-state index contributed by atoms with van der Waals surface area (Å²) >= 11 is 4.73. The van der Waals surface area contributed by atoms with Crippen LogP contribution in [0.3, 0.4) is 0 Å². The van der Waals surface area contributed by atoms with Gasteiger partial charge in [-0.25, -0.2) is 0 Å². The first-order valence-corrected chi connectivity index (χ1v) is 6.87. The number of nitrogens with zero attached hydrogens (tertiary/aromatic N) is 4. The number of halogens is 1. The summed E-state index contributed by atoms with van der Waals surface area (Å²) in [7, 11) is 0. The van der Waals surface area contributed by atoms with Gasteiger partial charge in [-0.3, -0.25) is 4.68 Å². The number of aliphatic hydroxyl groups is 1. The molecule has 2 aromatic heterocycles. The van der Waals surface area contributed by atoms with Crippen molar-refractivity contribution in [2.24, 2.45) is 0 Å². The number of hydrogen-bond donors (Lipinski definition) is 1. The molecule has 5 nitrogen and oxygen atoms in total. The van der Waals surface area contributed by atoms with E-state index in [2.05, 4.69) is 30.6 Å². The molecule has 0 radical (unpaired) electrons. The summed E-state index contributed by atoms with van der Waals surface area (Å²) in [4.78, 5) is 0.776. The largest absolute Gasteiger partial charge is 0.387 e. The molecule has 0 aliphatic rings. The second-order valence-corrected chi connectivity index (χ2v) is 5.31. The Kier molecular flexibility index (Phi) is 3.90. The topological polar surface area (TPSA) is 63.8 Å². The van der Waals surface area contributed by atoms with Gasteiger partial charge in [0.1, 0.15) is 0 Å². The average Bonchev–Trinajstić information content (AvgIpc) is 2.92. The van der Waals surface area contributed by atoms with Crippen LogP contribution in [0.4, 0.5) is 0 Å². The van der Waals surface area contributed by atoms with E-state index in [1.54, 1.807) is 6.20 Å². The fraction of sp³-hybridized carbons (Fsp3) is 0.500. The Morgan fingerprint density at radius 1 is 1.59 bits per heavy atom. The molecule has 2 heterocycles. The Morgan fingerprint density at radius 2 is 2.35 bits per heavy atom. The molecule has 0 saturated carbocycles. The molecular formula is C10H13BrN4OS. The zero-order valence-electron chi connectivity index (χ0n) is 9.59. The van der Waals surface area contributed by atoms with Crippen LogP contribution in [0, 0.1) is 6.92 Å². The van der Waals surface area contributed by atoms with Crippen LogP contribution in [0.1, 0.15) is 29.3 Å². The van der Waals surface area contributed by atoms with Crippen molar-refractivity contribution in [3.63, 3.8) is 0 Å². The van der Waals surface area contributed by atoms with E-state index in [0.29, 0.717) is 6.42 Å². The Morgan fingerprint density at radius 3 is 2.94 bits per heavy atom. The van der Waals surface area contributed by atoms with Gasteiger partial charge in [0, 0.05) is 13.0 Å². The third-order valence-electron chi connectivity index (χ3n) is 2.55. The van der Waals surface area contributed by atoms with Gasteiger partial charge < -0.3 is 5.11 Å². The van der Waals surface area contributed by atoms with Crippen molar-refractivity contribution in [2.75, 3.05) is 0 Å². The smallest absolute Gasteiger partial charge is 0.0969 e. The third-order valence-corrected chi connectivity index (χ3v) is 4.34. The molecule has 0 bridgehead atoms. The molecule has 1 atom stereocenters. The highest BCUT2D eigenvalue weighted by molar-refractivity contribution is 9.10. The van der Waals surface area contributed by atoms with Gasteiger partial charge in [-0.05, 0) is 41.3 Å². The molecule has 0 aliphatic heterocycles. The Bertz CT molecular complexity index is 497. The van der Waals surface area contributed by atoms with Crippen molar-refractivity contribution in [2.45, 2.75) is 32.9 Å². The lowest BCUT2D eigenvalue weighted by molar-refractivity contribution is 0.179. The minimum absolute atomic E-state index is 0.513. The van der Waals surface area contributed by atoms with Crippen molar-refractivity contribution in [3.05, 3.63) is 26.9 Å². The fourth-order valence-corrected chi connectivity index (χ4v) is 2.60. The van der Waals surface area contributed by atoms with Gasteiger partial charge in [-0.15, -0.1) is 5.10 Å². The summed E-state index contributed by atoms with van der Waals surface area (Å²) in [5, 5.41) is 18.2. The predicted molar refractivity (Wildman–Crippen MR) is 68.9 cm³/mol. The fourth-order valence-electron chi connectivity index (χ4n) is 1.67. The summed E-state index contributed by atoms with van der Waals surface area (Å²) < 4.78 is 6.62. The predicted octanol–water partition coefficient (Wildman–Crippen LogP) is 2.10. The third kappa shape index (κ3) is 2.56. The van der Waals surface area contributed by atoms with Crippen molar-refractivity contribution < 1.29 is 5.11 Å². The standard InChI is InChI=1S/C10H13BrN4OS/c1-3-15-7(10(11)6(2)13-15)4-8(16)9-5-12-14-17-9/h5,8,16H,3-4H2,1-2H3. The second-order valence-electron chi connectivity index (χ2n) is 3.70. The molecule has 0 spiro atoms. The summed E-state index contributed by atoms with van der Waals surface area (Å²) in [6.45, 7) is 4.76. The van der Waals surface area contributed by atoms with E-state index >= 15 is 0 Å². The van der Waals surface area contributed by atoms with Crippen LogP contribution < -0.4 is 0 Å². The normalized spacial score (nSPS) is 12.9. The maximum absolute atomic E-state index is 10.1. The van der Waals surface area contributed by atoms with Gasteiger partial charge in [-0.1, -0.05) is 4.49 Å². The first-order valence-electron chi connectivity index (χ1n) is 5.30. The number of rotatable bonds is 4. The highest BCUT2D eigenvalue weighted by Gasteiger charge is 2.18. The van der Waals surface area contributed by atoms with Gasteiger partial charge in [0.25, 0.3) is 0 Å². The van der Waals surface area contributed by atoms with Crippen molar-refractivity contribution in [1.82, 2.24) is 19.4 Å². The molecule has 17 heavy (non-hydrogen) atoms. The SMILES string of the molecule is CCn1nc(C)c(Br)c1CC(O)c1cnns1. The average molecular weight is 317 g/mol. The molecule has 0 aliphatic carbocycles. The maximum Gasteiger partial charge on any atom is 0.0969 e. The van der Waals surface area contributed by atoms with E-state index in [-0.39, 0.29) is 0 Å². The number of hydrogen-bond acceptors (Lipinski definition) is 5. The van der Waals surface area contributed by atoms with E-state index in [0.717, 1.165) is 27.3 Å². The van der Waals surface area contributed by atoms with E-state index in [1.165, 1.54) is 11.5 Å². The second kappa shape index (κ2) is 5.24. The van der Waals surface area contributed by atoms with Crippen LogP contribution in [0.2, 0.25) is 0 Å². The molecule has 0 fully saturated rings. The molecule has 2 aromatic rings. The quantitative estimate of drug-likeness (QED) is 0.938. The summed E-state index contributed by atoms with van der Waals surface area (Å²) in [6.07, 6.45) is 1.54. The van der Waals surface area contributed by atoms with Gasteiger partial charge in [-0.2, -0.15) is 5.10 Å². The van der Waals surface area contributed by atoms with Crippen LogP contribution in [0.5, 0.6) is 0 Å². The minimum atomic E-state index is -0.576. The monoisotopic (exact) mass is 316 g/mol. The van der Waals surface area contributed by atoms with E-state index in [4.69, 9.17) is 0 Å². The van der Waals surface area contributed by atoms with Gasteiger partial charge in [0.05, 0.1) is 33.0 Å².